The predicted molar refractivity (Wildman–Crippen MR) is 64.5 cm³/mol. The van der Waals surface area contributed by atoms with Gasteiger partial charge >= 0.3 is 12.4 Å². The van der Waals surface area contributed by atoms with E-state index in [-0.39, 0.29) is 26.1 Å². The molecule has 21 heavy (non-hydrogen) atoms. The third-order valence-electron chi connectivity index (χ3n) is 2.72. The van der Waals surface area contributed by atoms with E-state index in [0.29, 0.717) is 5.56 Å². The van der Waals surface area contributed by atoms with Crippen molar-refractivity contribution in [2.24, 2.45) is 0 Å². The second-order valence-corrected chi connectivity index (χ2v) is 4.60. The van der Waals surface area contributed by atoms with Gasteiger partial charge in [-0.2, -0.15) is 26.3 Å². The number of halogens is 6. The molecule has 1 N–H and O–H groups in total. The van der Waals surface area contributed by atoms with E-state index in [2.05, 4.69) is 0 Å². The molecule has 1 rings (SSSR count). The summed E-state index contributed by atoms with van der Waals surface area (Å²) in [6.45, 7) is -1.54. The van der Waals surface area contributed by atoms with Gasteiger partial charge in [-0.1, -0.05) is 12.1 Å². The summed E-state index contributed by atoms with van der Waals surface area (Å²) in [6, 6.07) is 4.00. The molecule has 0 amide bonds. The normalized spacial score (nSPS) is 13.0. The van der Waals surface area contributed by atoms with Gasteiger partial charge in [0.25, 0.3) is 0 Å². The molecule has 2 nitrogen and oxygen atoms in total. The van der Waals surface area contributed by atoms with Crippen LogP contribution in [0, 0.1) is 0 Å². The minimum atomic E-state index is -4.47. The van der Waals surface area contributed by atoms with Gasteiger partial charge in [0.1, 0.15) is 0 Å². The van der Waals surface area contributed by atoms with E-state index < -0.39 is 24.5 Å². The largest absolute Gasteiger partial charge is 0.416 e. The molecule has 1 aromatic rings. The van der Waals surface area contributed by atoms with E-state index in [1.54, 1.807) is 0 Å². The molecule has 0 spiro atoms. The number of rotatable bonds is 6. The van der Waals surface area contributed by atoms with Gasteiger partial charge in [-0.05, 0) is 24.1 Å². The summed E-state index contributed by atoms with van der Waals surface area (Å²) in [6.07, 6.45) is -8.71. The van der Waals surface area contributed by atoms with Crippen LogP contribution in [0.15, 0.2) is 24.3 Å². The summed E-state index contributed by atoms with van der Waals surface area (Å²) >= 11 is 0. The van der Waals surface area contributed by atoms with E-state index in [1.165, 1.54) is 0 Å². The summed E-state index contributed by atoms with van der Waals surface area (Å²) < 4.78 is 74.4. The Balaban J connectivity index is 2.73. The molecule has 0 aliphatic carbocycles. The highest BCUT2D eigenvalue weighted by atomic mass is 19.4. The average Bonchev–Trinajstić information content (AvgIpc) is 2.33. The molecule has 0 bridgehead atoms. The highest BCUT2D eigenvalue weighted by Crippen LogP contribution is 2.29. The molecule has 0 aliphatic heterocycles. The summed E-state index contributed by atoms with van der Waals surface area (Å²) in [5.74, 6) is 0. The lowest BCUT2D eigenvalue weighted by Crippen LogP contribution is -2.34. The maximum Gasteiger partial charge on any atom is 0.416 e. The Morgan fingerprint density at radius 1 is 0.952 bits per heavy atom. The van der Waals surface area contributed by atoms with Crippen LogP contribution in [0.3, 0.4) is 0 Å². The van der Waals surface area contributed by atoms with Gasteiger partial charge in [0, 0.05) is 19.7 Å². The van der Waals surface area contributed by atoms with Crippen LogP contribution in [0.5, 0.6) is 0 Å². The molecule has 0 saturated heterocycles. The zero-order chi connectivity index (χ0) is 16.1. The number of aliphatic hydroxyl groups is 1. The number of nitrogens with zero attached hydrogens (tertiary/aromatic N) is 1. The number of alkyl halides is 6. The van der Waals surface area contributed by atoms with Crippen molar-refractivity contribution in [2.75, 3.05) is 19.7 Å². The minimum absolute atomic E-state index is 0.0109. The second kappa shape index (κ2) is 7.13. The number of hydrogen-bond acceptors (Lipinski definition) is 2. The van der Waals surface area contributed by atoms with Gasteiger partial charge in [-0.15, -0.1) is 0 Å². The van der Waals surface area contributed by atoms with E-state index >= 15 is 0 Å². The second-order valence-electron chi connectivity index (χ2n) is 4.60. The summed E-state index contributed by atoms with van der Waals surface area (Å²) in [5, 5.41) is 8.67. The Morgan fingerprint density at radius 3 is 1.95 bits per heavy atom. The standard InChI is InChI=1S/C13H15F6NO/c14-12(15,16)9-20(6-1-7-21)8-10-2-4-11(5-3-10)13(17,18)19/h2-5,21H,1,6-9H2. The van der Waals surface area contributed by atoms with Crippen molar-refractivity contribution >= 4 is 0 Å². The van der Waals surface area contributed by atoms with Crippen molar-refractivity contribution in [3.63, 3.8) is 0 Å². The van der Waals surface area contributed by atoms with E-state index in [4.69, 9.17) is 5.11 Å². The van der Waals surface area contributed by atoms with Gasteiger partial charge in [0.15, 0.2) is 0 Å². The first-order valence-electron chi connectivity index (χ1n) is 6.18. The monoisotopic (exact) mass is 315 g/mol. The van der Waals surface area contributed by atoms with Gasteiger partial charge in [-0.3, -0.25) is 4.90 Å². The maximum atomic E-state index is 12.4. The van der Waals surface area contributed by atoms with E-state index in [9.17, 15) is 26.3 Å². The molecule has 8 heteroatoms. The van der Waals surface area contributed by atoms with Crippen LogP contribution in [0.2, 0.25) is 0 Å². The lowest BCUT2D eigenvalue weighted by molar-refractivity contribution is -0.147. The maximum absolute atomic E-state index is 12.4. The van der Waals surface area contributed by atoms with Crippen molar-refractivity contribution in [3.05, 3.63) is 35.4 Å². The first-order chi connectivity index (χ1) is 9.62. The van der Waals surface area contributed by atoms with Crippen molar-refractivity contribution in [1.29, 1.82) is 0 Å². The van der Waals surface area contributed by atoms with Crippen molar-refractivity contribution < 1.29 is 31.4 Å². The SMILES string of the molecule is OCCCN(Cc1ccc(C(F)(F)F)cc1)CC(F)(F)F. The molecule has 0 saturated carbocycles. The molecule has 0 atom stereocenters. The average molecular weight is 315 g/mol. The van der Waals surface area contributed by atoms with Gasteiger partial charge < -0.3 is 5.11 Å². The van der Waals surface area contributed by atoms with Crippen LogP contribution in [-0.2, 0) is 12.7 Å². The highest BCUT2D eigenvalue weighted by molar-refractivity contribution is 5.24. The molecular weight excluding hydrogens is 300 g/mol. The fraction of sp³-hybridized carbons (Fsp3) is 0.538. The molecule has 0 aromatic heterocycles. The van der Waals surface area contributed by atoms with E-state index in [1.807, 2.05) is 0 Å². The summed E-state index contributed by atoms with van der Waals surface area (Å²) in [4.78, 5) is 1.04. The third kappa shape index (κ3) is 6.81. The Hall–Kier alpha value is -1.28. The topological polar surface area (TPSA) is 23.5 Å². The molecule has 0 aliphatic rings. The molecule has 0 heterocycles. The molecule has 0 unspecified atom stereocenters. The highest BCUT2D eigenvalue weighted by Gasteiger charge is 2.31. The fourth-order valence-electron chi connectivity index (χ4n) is 1.82. The molecule has 0 radical (unpaired) electrons. The first kappa shape index (κ1) is 17.8. The molecular formula is C13H15F6NO. The Morgan fingerprint density at radius 2 is 1.52 bits per heavy atom. The smallest absolute Gasteiger partial charge is 0.396 e. The Labute approximate surface area is 118 Å². The summed E-state index contributed by atoms with van der Waals surface area (Å²) in [7, 11) is 0. The van der Waals surface area contributed by atoms with Gasteiger partial charge in [0.05, 0.1) is 12.1 Å². The quantitative estimate of drug-likeness (QED) is 0.813. The number of aliphatic hydroxyl groups excluding tert-OH is 1. The lowest BCUT2D eigenvalue weighted by Gasteiger charge is -2.23. The van der Waals surface area contributed by atoms with Gasteiger partial charge in [0.2, 0.25) is 0 Å². The summed E-state index contributed by atoms with van der Waals surface area (Å²) in [5.41, 5.74) is -0.492. The Bertz CT molecular complexity index is 426. The van der Waals surface area contributed by atoms with Crippen molar-refractivity contribution in [3.8, 4) is 0 Å². The Kier molecular flexibility index (Phi) is 6.03. The fourth-order valence-corrected chi connectivity index (χ4v) is 1.82. The van der Waals surface area contributed by atoms with Crippen molar-refractivity contribution in [1.82, 2.24) is 4.90 Å². The minimum Gasteiger partial charge on any atom is -0.396 e. The third-order valence-corrected chi connectivity index (χ3v) is 2.72. The molecule has 1 aromatic carbocycles. The van der Waals surface area contributed by atoms with E-state index in [0.717, 1.165) is 29.2 Å². The van der Waals surface area contributed by atoms with Crippen LogP contribution in [0.1, 0.15) is 17.5 Å². The van der Waals surface area contributed by atoms with Crippen molar-refractivity contribution in [2.45, 2.75) is 25.3 Å². The van der Waals surface area contributed by atoms with Crippen LogP contribution in [-0.4, -0.2) is 35.9 Å². The number of benzene rings is 1. The molecule has 0 fully saturated rings. The van der Waals surface area contributed by atoms with Crippen LogP contribution >= 0.6 is 0 Å². The van der Waals surface area contributed by atoms with Gasteiger partial charge in [-0.25, -0.2) is 0 Å². The van der Waals surface area contributed by atoms with Crippen LogP contribution in [0.25, 0.3) is 0 Å². The van der Waals surface area contributed by atoms with Crippen LogP contribution < -0.4 is 0 Å². The predicted octanol–water partition coefficient (Wildman–Crippen LogP) is 3.45. The first-order valence-corrected chi connectivity index (χ1v) is 6.18. The van der Waals surface area contributed by atoms with Crippen LogP contribution in [0.4, 0.5) is 26.3 Å². The molecule has 120 valence electrons. The number of hydrogen-bond donors (Lipinski definition) is 1. The zero-order valence-corrected chi connectivity index (χ0v) is 11.0. The zero-order valence-electron chi connectivity index (χ0n) is 11.0. The lowest BCUT2D eigenvalue weighted by atomic mass is 10.1.